The van der Waals surface area contributed by atoms with Gasteiger partial charge in [0.15, 0.2) is 0 Å². The standard InChI is InChI=1S/C8H10BF3NS/c1-5-6(4-13)2-7(14)3-8(5)9(10,11)12/h2-3,14H,4,13H2,1H3/q-1. The molecule has 0 saturated carbocycles. The molecule has 0 radical (unpaired) electrons. The van der Waals surface area contributed by atoms with E-state index in [1.165, 1.54) is 6.92 Å². The summed E-state index contributed by atoms with van der Waals surface area (Å²) in [6.45, 7) is -3.45. The number of hydrogen-bond donors (Lipinski definition) is 2. The van der Waals surface area contributed by atoms with Gasteiger partial charge in [0.25, 0.3) is 0 Å². The second-order valence-electron chi connectivity index (χ2n) is 3.10. The number of halogens is 3. The van der Waals surface area contributed by atoms with E-state index in [0.717, 1.165) is 6.07 Å². The lowest BCUT2D eigenvalue weighted by Gasteiger charge is -2.20. The average molecular weight is 220 g/mol. The zero-order chi connectivity index (χ0) is 10.9. The second kappa shape index (κ2) is 3.86. The summed E-state index contributed by atoms with van der Waals surface area (Å²) in [4.78, 5) is 0.297. The summed E-state index contributed by atoms with van der Waals surface area (Å²) in [5, 5.41) is 0. The minimum atomic E-state index is -4.98. The van der Waals surface area contributed by atoms with Gasteiger partial charge in [-0.05, 0) is 18.6 Å². The number of nitrogens with two attached hydrogens (primary N) is 1. The lowest BCUT2D eigenvalue weighted by atomic mass is 9.76. The van der Waals surface area contributed by atoms with Crippen molar-refractivity contribution < 1.29 is 12.9 Å². The Morgan fingerprint density at radius 1 is 1.36 bits per heavy atom. The maximum absolute atomic E-state index is 12.5. The van der Waals surface area contributed by atoms with Gasteiger partial charge in [0, 0.05) is 11.4 Å². The summed E-state index contributed by atoms with van der Waals surface area (Å²) < 4.78 is 37.6. The summed E-state index contributed by atoms with van der Waals surface area (Å²) in [5.41, 5.74) is 5.44. The van der Waals surface area contributed by atoms with Crippen LogP contribution in [0.15, 0.2) is 17.0 Å². The van der Waals surface area contributed by atoms with E-state index < -0.39 is 12.4 Å². The topological polar surface area (TPSA) is 26.0 Å². The van der Waals surface area contributed by atoms with Crippen molar-refractivity contribution in [1.29, 1.82) is 0 Å². The highest BCUT2D eigenvalue weighted by Crippen LogP contribution is 2.18. The molecule has 1 nitrogen and oxygen atoms in total. The molecular weight excluding hydrogens is 210 g/mol. The highest BCUT2D eigenvalue weighted by Gasteiger charge is 2.28. The predicted molar refractivity (Wildman–Crippen MR) is 55.0 cm³/mol. The zero-order valence-electron chi connectivity index (χ0n) is 7.60. The molecule has 0 aliphatic rings. The molecule has 0 unspecified atom stereocenters. The fourth-order valence-corrected chi connectivity index (χ4v) is 1.63. The zero-order valence-corrected chi connectivity index (χ0v) is 8.49. The van der Waals surface area contributed by atoms with Crippen molar-refractivity contribution in [3.63, 3.8) is 0 Å². The second-order valence-corrected chi connectivity index (χ2v) is 3.61. The van der Waals surface area contributed by atoms with Crippen LogP contribution in [0.25, 0.3) is 0 Å². The van der Waals surface area contributed by atoms with Crippen LogP contribution in [0.1, 0.15) is 11.1 Å². The maximum atomic E-state index is 12.5. The third-order valence-corrected chi connectivity index (χ3v) is 2.37. The first kappa shape index (κ1) is 11.5. The van der Waals surface area contributed by atoms with Crippen LogP contribution >= 0.6 is 12.6 Å². The van der Waals surface area contributed by atoms with Gasteiger partial charge in [0.05, 0.1) is 0 Å². The van der Waals surface area contributed by atoms with Gasteiger partial charge in [-0.3, -0.25) is 0 Å². The third kappa shape index (κ3) is 2.25. The van der Waals surface area contributed by atoms with E-state index >= 15 is 0 Å². The molecule has 6 heteroatoms. The fraction of sp³-hybridized carbons (Fsp3) is 0.250. The largest absolute Gasteiger partial charge is 0.509 e. The van der Waals surface area contributed by atoms with Gasteiger partial charge >= 0.3 is 6.98 Å². The van der Waals surface area contributed by atoms with Gasteiger partial charge in [0.2, 0.25) is 0 Å². The number of benzene rings is 1. The van der Waals surface area contributed by atoms with Crippen molar-refractivity contribution in [2.24, 2.45) is 5.73 Å². The predicted octanol–water partition coefficient (Wildman–Crippen LogP) is 1.80. The van der Waals surface area contributed by atoms with Gasteiger partial charge in [-0.25, -0.2) is 0 Å². The van der Waals surface area contributed by atoms with Crippen LogP contribution in [-0.2, 0) is 6.54 Å². The molecule has 1 aromatic rings. The molecule has 1 aromatic carbocycles. The van der Waals surface area contributed by atoms with Crippen LogP contribution in [0.2, 0.25) is 0 Å². The SMILES string of the molecule is Cc1c(CN)cc(S)cc1[B-](F)(F)F. The molecule has 0 aliphatic heterocycles. The molecule has 0 spiro atoms. The minimum Gasteiger partial charge on any atom is -0.445 e. The molecule has 2 N–H and O–H groups in total. The molecule has 0 heterocycles. The minimum absolute atomic E-state index is 0.0966. The molecule has 0 amide bonds. The van der Waals surface area contributed by atoms with Crippen molar-refractivity contribution in [1.82, 2.24) is 0 Å². The Hall–Kier alpha value is -0.615. The first-order valence-corrected chi connectivity index (χ1v) is 4.53. The van der Waals surface area contributed by atoms with Crippen LogP contribution < -0.4 is 11.2 Å². The molecule has 0 bridgehead atoms. The molecule has 78 valence electrons. The molecule has 0 aliphatic carbocycles. The van der Waals surface area contributed by atoms with Crippen LogP contribution in [-0.4, -0.2) is 6.98 Å². The molecule has 0 fully saturated rings. The van der Waals surface area contributed by atoms with Gasteiger partial charge < -0.3 is 18.7 Å². The Morgan fingerprint density at radius 2 is 1.93 bits per heavy atom. The van der Waals surface area contributed by atoms with Crippen molar-refractivity contribution in [3.05, 3.63) is 23.3 Å². The number of hydrogen-bond acceptors (Lipinski definition) is 2. The molecular formula is C8H10BF3NS-. The Balaban J connectivity index is 3.37. The van der Waals surface area contributed by atoms with Crippen LogP contribution in [0.3, 0.4) is 0 Å². The molecule has 0 aromatic heterocycles. The summed E-state index contributed by atoms with van der Waals surface area (Å²) in [5.74, 6) is 0. The maximum Gasteiger partial charge on any atom is 0.509 e. The van der Waals surface area contributed by atoms with Gasteiger partial charge in [0.1, 0.15) is 0 Å². The number of rotatable bonds is 2. The quantitative estimate of drug-likeness (QED) is 0.576. The van der Waals surface area contributed by atoms with E-state index in [2.05, 4.69) is 12.6 Å². The Morgan fingerprint density at radius 3 is 2.36 bits per heavy atom. The third-order valence-electron chi connectivity index (χ3n) is 2.11. The Labute approximate surface area is 86.0 Å². The van der Waals surface area contributed by atoms with Crippen LogP contribution in [0.5, 0.6) is 0 Å². The highest BCUT2D eigenvalue weighted by molar-refractivity contribution is 7.80. The van der Waals surface area contributed by atoms with Crippen molar-refractivity contribution >= 4 is 25.1 Å². The molecule has 0 saturated heterocycles. The summed E-state index contributed by atoms with van der Waals surface area (Å²) in [7, 11) is 0. The first-order chi connectivity index (χ1) is 6.36. The summed E-state index contributed by atoms with van der Waals surface area (Å²) >= 11 is 3.91. The van der Waals surface area contributed by atoms with Gasteiger partial charge in [-0.2, -0.15) is 0 Å². The number of thiol groups is 1. The molecule has 1 rings (SSSR count). The van der Waals surface area contributed by atoms with E-state index in [4.69, 9.17) is 5.73 Å². The smallest absolute Gasteiger partial charge is 0.445 e. The Bertz CT molecular complexity index is 351. The van der Waals surface area contributed by atoms with Gasteiger partial charge in [-0.15, -0.1) is 18.1 Å². The summed E-state index contributed by atoms with van der Waals surface area (Å²) in [6, 6.07) is 2.60. The van der Waals surface area contributed by atoms with Crippen molar-refractivity contribution in [2.75, 3.05) is 0 Å². The summed E-state index contributed by atoms with van der Waals surface area (Å²) in [6.07, 6.45) is 0. The van der Waals surface area contributed by atoms with E-state index in [0.29, 0.717) is 10.5 Å². The van der Waals surface area contributed by atoms with Crippen molar-refractivity contribution in [2.45, 2.75) is 18.4 Å². The fourth-order valence-electron chi connectivity index (χ4n) is 1.33. The van der Waals surface area contributed by atoms with Crippen LogP contribution in [0, 0.1) is 6.92 Å². The lowest BCUT2D eigenvalue weighted by molar-refractivity contribution is 0.500. The van der Waals surface area contributed by atoms with E-state index in [1.54, 1.807) is 6.07 Å². The normalized spacial score (nSPS) is 11.9. The molecule has 0 atom stereocenters. The van der Waals surface area contributed by atoms with Crippen LogP contribution in [0.4, 0.5) is 12.9 Å². The van der Waals surface area contributed by atoms with Crippen molar-refractivity contribution in [3.8, 4) is 0 Å². The molecule has 14 heavy (non-hydrogen) atoms. The first-order valence-electron chi connectivity index (χ1n) is 4.08. The van der Waals surface area contributed by atoms with Gasteiger partial charge in [-0.1, -0.05) is 11.6 Å². The van der Waals surface area contributed by atoms with E-state index in [9.17, 15) is 12.9 Å². The monoisotopic (exact) mass is 220 g/mol. The highest BCUT2D eigenvalue weighted by atomic mass is 32.1. The average Bonchev–Trinajstić information content (AvgIpc) is 2.06. The van der Waals surface area contributed by atoms with E-state index in [1.807, 2.05) is 0 Å². The lowest BCUT2D eigenvalue weighted by Crippen LogP contribution is -2.37. The van der Waals surface area contributed by atoms with E-state index in [-0.39, 0.29) is 12.1 Å². The Kier molecular flexibility index (Phi) is 3.16.